The van der Waals surface area contributed by atoms with Gasteiger partial charge in [0.05, 0.1) is 20.3 Å². The van der Waals surface area contributed by atoms with Crippen molar-refractivity contribution >= 4 is 15.9 Å². The van der Waals surface area contributed by atoms with Crippen LogP contribution in [0.15, 0.2) is 46.9 Å². The van der Waals surface area contributed by atoms with Gasteiger partial charge in [-0.3, -0.25) is 0 Å². The first-order chi connectivity index (χ1) is 9.69. The van der Waals surface area contributed by atoms with Gasteiger partial charge in [-0.1, -0.05) is 28.1 Å². The number of benzene rings is 2. The fraction of sp³-hybridized carbons (Fsp3) is 0.250. The van der Waals surface area contributed by atoms with Crippen LogP contribution in [0.2, 0.25) is 0 Å². The molecule has 20 heavy (non-hydrogen) atoms. The van der Waals surface area contributed by atoms with Crippen LogP contribution in [0.3, 0.4) is 0 Å². The Kier molecular flexibility index (Phi) is 5.04. The standard InChI is InChI=1S/C16H18BrNO2/c1-18-16(11-4-6-12(17)7-5-11)14-10-13(19-2)8-9-15(14)20-3/h4-10,16,18H,1-3H3. The summed E-state index contributed by atoms with van der Waals surface area (Å²) in [6, 6.07) is 14.1. The van der Waals surface area contributed by atoms with E-state index in [1.807, 2.05) is 37.4 Å². The van der Waals surface area contributed by atoms with Gasteiger partial charge in [0, 0.05) is 10.0 Å². The van der Waals surface area contributed by atoms with Gasteiger partial charge in [0.1, 0.15) is 11.5 Å². The Bertz CT molecular complexity index is 569. The maximum absolute atomic E-state index is 5.47. The second-order valence-electron chi connectivity index (χ2n) is 4.38. The lowest BCUT2D eigenvalue weighted by Gasteiger charge is -2.20. The van der Waals surface area contributed by atoms with Crippen LogP contribution >= 0.6 is 15.9 Å². The Morgan fingerprint density at radius 1 is 1.00 bits per heavy atom. The summed E-state index contributed by atoms with van der Waals surface area (Å²) in [5.41, 5.74) is 2.22. The van der Waals surface area contributed by atoms with E-state index in [1.54, 1.807) is 14.2 Å². The summed E-state index contributed by atoms with van der Waals surface area (Å²) in [6.45, 7) is 0. The van der Waals surface area contributed by atoms with Crippen LogP contribution in [0.4, 0.5) is 0 Å². The normalized spacial score (nSPS) is 12.0. The van der Waals surface area contributed by atoms with E-state index in [-0.39, 0.29) is 6.04 Å². The molecule has 0 amide bonds. The van der Waals surface area contributed by atoms with Crippen molar-refractivity contribution in [1.29, 1.82) is 0 Å². The monoisotopic (exact) mass is 335 g/mol. The van der Waals surface area contributed by atoms with Gasteiger partial charge < -0.3 is 14.8 Å². The highest BCUT2D eigenvalue weighted by molar-refractivity contribution is 9.10. The molecule has 4 heteroatoms. The molecule has 1 N–H and O–H groups in total. The van der Waals surface area contributed by atoms with Gasteiger partial charge in [0.2, 0.25) is 0 Å². The van der Waals surface area contributed by atoms with Crippen LogP contribution in [0, 0.1) is 0 Å². The predicted molar refractivity (Wildman–Crippen MR) is 84.6 cm³/mol. The Labute approximate surface area is 128 Å². The molecule has 0 aliphatic heterocycles. The Hall–Kier alpha value is -1.52. The average Bonchev–Trinajstić information content (AvgIpc) is 2.49. The van der Waals surface area contributed by atoms with Crippen molar-refractivity contribution < 1.29 is 9.47 Å². The SMILES string of the molecule is CNC(c1ccc(Br)cc1)c1cc(OC)ccc1OC. The largest absolute Gasteiger partial charge is 0.497 e. The van der Waals surface area contributed by atoms with E-state index in [0.717, 1.165) is 21.5 Å². The second-order valence-corrected chi connectivity index (χ2v) is 5.30. The molecule has 0 saturated heterocycles. The van der Waals surface area contributed by atoms with E-state index in [0.29, 0.717) is 0 Å². The fourth-order valence-electron chi connectivity index (χ4n) is 2.22. The van der Waals surface area contributed by atoms with E-state index in [1.165, 1.54) is 5.56 Å². The van der Waals surface area contributed by atoms with Gasteiger partial charge in [-0.05, 0) is 42.9 Å². The van der Waals surface area contributed by atoms with Crippen molar-refractivity contribution in [2.24, 2.45) is 0 Å². The molecule has 2 aromatic carbocycles. The number of halogens is 1. The van der Waals surface area contributed by atoms with Crippen molar-refractivity contribution in [2.75, 3.05) is 21.3 Å². The number of methoxy groups -OCH3 is 2. The maximum Gasteiger partial charge on any atom is 0.124 e. The molecule has 0 aliphatic rings. The molecule has 0 spiro atoms. The third-order valence-electron chi connectivity index (χ3n) is 3.24. The summed E-state index contributed by atoms with van der Waals surface area (Å²) in [6.07, 6.45) is 0. The van der Waals surface area contributed by atoms with Crippen LogP contribution in [0.25, 0.3) is 0 Å². The zero-order chi connectivity index (χ0) is 14.5. The minimum Gasteiger partial charge on any atom is -0.497 e. The zero-order valence-electron chi connectivity index (χ0n) is 11.8. The first-order valence-corrected chi connectivity index (χ1v) is 7.13. The Balaban J connectivity index is 2.47. The van der Waals surface area contributed by atoms with Gasteiger partial charge in [0.25, 0.3) is 0 Å². The summed E-state index contributed by atoms with van der Waals surface area (Å²) in [7, 11) is 5.28. The summed E-state index contributed by atoms with van der Waals surface area (Å²) in [5, 5.41) is 3.33. The lowest BCUT2D eigenvalue weighted by molar-refractivity contribution is 0.395. The van der Waals surface area contributed by atoms with E-state index < -0.39 is 0 Å². The number of rotatable bonds is 5. The highest BCUT2D eigenvalue weighted by Gasteiger charge is 2.17. The van der Waals surface area contributed by atoms with Crippen LogP contribution in [0.5, 0.6) is 11.5 Å². The predicted octanol–water partition coefficient (Wildman–Crippen LogP) is 3.78. The first kappa shape index (κ1) is 14.9. The number of hydrogen-bond donors (Lipinski definition) is 1. The maximum atomic E-state index is 5.47. The molecule has 1 atom stereocenters. The molecule has 0 heterocycles. The highest BCUT2D eigenvalue weighted by Crippen LogP contribution is 2.33. The Morgan fingerprint density at radius 2 is 1.70 bits per heavy atom. The first-order valence-electron chi connectivity index (χ1n) is 6.34. The summed E-state index contributed by atoms with van der Waals surface area (Å²) >= 11 is 3.46. The molecule has 0 fully saturated rings. The zero-order valence-corrected chi connectivity index (χ0v) is 13.4. The van der Waals surface area contributed by atoms with Crippen LogP contribution in [0.1, 0.15) is 17.2 Å². The van der Waals surface area contributed by atoms with E-state index in [4.69, 9.17) is 9.47 Å². The molecule has 0 saturated carbocycles. The van der Waals surface area contributed by atoms with Crippen molar-refractivity contribution in [3.8, 4) is 11.5 Å². The molecule has 106 valence electrons. The van der Waals surface area contributed by atoms with Gasteiger partial charge in [-0.15, -0.1) is 0 Å². The molecular weight excluding hydrogens is 318 g/mol. The van der Waals surface area contributed by atoms with Crippen molar-refractivity contribution in [1.82, 2.24) is 5.32 Å². The molecule has 1 unspecified atom stereocenters. The van der Waals surface area contributed by atoms with E-state index in [2.05, 4.69) is 33.4 Å². The van der Waals surface area contributed by atoms with Crippen LogP contribution < -0.4 is 14.8 Å². The quantitative estimate of drug-likeness (QED) is 0.902. The smallest absolute Gasteiger partial charge is 0.124 e. The molecule has 2 rings (SSSR count). The summed E-state index contributed by atoms with van der Waals surface area (Å²) < 4.78 is 11.8. The van der Waals surface area contributed by atoms with E-state index >= 15 is 0 Å². The van der Waals surface area contributed by atoms with Gasteiger partial charge in [-0.2, -0.15) is 0 Å². The van der Waals surface area contributed by atoms with Gasteiger partial charge >= 0.3 is 0 Å². The highest BCUT2D eigenvalue weighted by atomic mass is 79.9. The number of nitrogens with one attached hydrogen (secondary N) is 1. The lowest BCUT2D eigenvalue weighted by atomic mass is 9.98. The third kappa shape index (κ3) is 3.14. The van der Waals surface area contributed by atoms with Crippen molar-refractivity contribution in [2.45, 2.75) is 6.04 Å². The molecule has 0 aliphatic carbocycles. The molecule has 0 radical (unpaired) electrons. The van der Waals surface area contributed by atoms with Crippen LogP contribution in [-0.2, 0) is 0 Å². The van der Waals surface area contributed by atoms with Crippen LogP contribution in [-0.4, -0.2) is 21.3 Å². The minimum atomic E-state index is 0.0492. The fourth-order valence-corrected chi connectivity index (χ4v) is 2.49. The van der Waals surface area contributed by atoms with Gasteiger partial charge in [0.15, 0.2) is 0 Å². The van der Waals surface area contributed by atoms with Gasteiger partial charge in [-0.25, -0.2) is 0 Å². The van der Waals surface area contributed by atoms with Crippen molar-refractivity contribution in [3.63, 3.8) is 0 Å². The van der Waals surface area contributed by atoms with Crippen molar-refractivity contribution in [3.05, 3.63) is 58.1 Å². The topological polar surface area (TPSA) is 30.5 Å². The molecule has 0 aromatic heterocycles. The second kappa shape index (κ2) is 6.77. The summed E-state index contributed by atoms with van der Waals surface area (Å²) in [4.78, 5) is 0. The molecule has 2 aromatic rings. The number of ether oxygens (including phenoxy) is 2. The Morgan fingerprint density at radius 3 is 2.25 bits per heavy atom. The minimum absolute atomic E-state index is 0.0492. The molecular formula is C16H18BrNO2. The average molecular weight is 336 g/mol. The molecule has 3 nitrogen and oxygen atoms in total. The summed E-state index contributed by atoms with van der Waals surface area (Å²) in [5.74, 6) is 1.66. The molecule has 0 bridgehead atoms. The lowest BCUT2D eigenvalue weighted by Crippen LogP contribution is -2.18. The number of hydrogen-bond acceptors (Lipinski definition) is 3. The third-order valence-corrected chi connectivity index (χ3v) is 3.77. The van der Waals surface area contributed by atoms with E-state index in [9.17, 15) is 0 Å².